The predicted molar refractivity (Wildman–Crippen MR) is 85.9 cm³/mol. The van der Waals surface area contributed by atoms with E-state index in [0.717, 1.165) is 37.7 Å². The number of carbonyl (C=O) groups is 2. The highest BCUT2D eigenvalue weighted by molar-refractivity contribution is 7.17. The Bertz CT molecular complexity index is 786. The number of hydrogen-bond acceptors (Lipinski definition) is 4. The molecule has 4 nitrogen and oxygen atoms in total. The van der Waals surface area contributed by atoms with Gasteiger partial charge in [-0.15, -0.1) is 11.3 Å². The number of allylic oxidation sites excluding steroid dienone is 2. The second-order valence-corrected chi connectivity index (χ2v) is 8.10. The van der Waals surface area contributed by atoms with Crippen molar-refractivity contribution in [2.75, 3.05) is 4.90 Å². The lowest BCUT2D eigenvalue weighted by Gasteiger charge is -2.15. The molecule has 4 atom stereocenters. The molecule has 5 rings (SSSR count). The van der Waals surface area contributed by atoms with Gasteiger partial charge in [0, 0.05) is 4.88 Å². The summed E-state index contributed by atoms with van der Waals surface area (Å²) in [4.78, 5) is 28.4. The van der Waals surface area contributed by atoms with Gasteiger partial charge in [0.15, 0.2) is 0 Å². The van der Waals surface area contributed by atoms with Crippen molar-refractivity contribution >= 4 is 28.2 Å². The Morgan fingerprint density at radius 3 is 2.39 bits per heavy atom. The summed E-state index contributed by atoms with van der Waals surface area (Å²) in [6.07, 6.45) is 9.20. The lowest BCUT2D eigenvalue weighted by atomic mass is 9.85. The Labute approximate surface area is 138 Å². The van der Waals surface area contributed by atoms with Gasteiger partial charge in [0.2, 0.25) is 11.8 Å². The molecule has 0 radical (unpaired) electrons. The first-order chi connectivity index (χ1) is 11.2. The molecule has 4 aliphatic rings. The van der Waals surface area contributed by atoms with Gasteiger partial charge >= 0.3 is 0 Å². The van der Waals surface area contributed by atoms with Crippen molar-refractivity contribution in [1.29, 1.82) is 5.26 Å². The van der Waals surface area contributed by atoms with E-state index in [1.54, 1.807) is 0 Å². The van der Waals surface area contributed by atoms with Gasteiger partial charge in [0.1, 0.15) is 11.1 Å². The molecule has 1 aliphatic heterocycles. The van der Waals surface area contributed by atoms with E-state index in [-0.39, 0.29) is 35.5 Å². The molecule has 2 amide bonds. The molecule has 1 aromatic heterocycles. The SMILES string of the molecule is N#Cc1c(N2C(=O)[C@@H]3[C@H](C2=O)[C@@H]2C=C[C@H]3C2)sc2c1CCCC2. The van der Waals surface area contributed by atoms with E-state index in [1.807, 2.05) is 0 Å². The number of anilines is 1. The number of aryl methyl sites for hydroxylation is 1. The number of carbonyl (C=O) groups excluding carboxylic acids is 2. The molecule has 0 unspecified atom stereocenters. The van der Waals surface area contributed by atoms with Gasteiger partial charge in [-0.05, 0) is 49.5 Å². The van der Waals surface area contributed by atoms with E-state index in [2.05, 4.69) is 18.2 Å². The Kier molecular flexibility index (Phi) is 2.67. The number of thiophene rings is 1. The van der Waals surface area contributed by atoms with E-state index >= 15 is 0 Å². The van der Waals surface area contributed by atoms with Crippen molar-refractivity contribution in [1.82, 2.24) is 0 Å². The van der Waals surface area contributed by atoms with Crippen LogP contribution in [-0.4, -0.2) is 11.8 Å². The van der Waals surface area contributed by atoms with Gasteiger partial charge in [-0.25, -0.2) is 4.90 Å². The number of fused-ring (bicyclic) bond motifs is 6. The van der Waals surface area contributed by atoms with Gasteiger partial charge in [-0.2, -0.15) is 5.26 Å². The minimum atomic E-state index is -0.192. The van der Waals surface area contributed by atoms with Crippen molar-refractivity contribution in [3.05, 3.63) is 28.2 Å². The Morgan fingerprint density at radius 1 is 1.09 bits per heavy atom. The highest BCUT2D eigenvalue weighted by Crippen LogP contribution is 2.54. The largest absolute Gasteiger partial charge is 0.274 e. The van der Waals surface area contributed by atoms with Crippen LogP contribution in [0.15, 0.2) is 12.2 Å². The number of imide groups is 1. The zero-order valence-electron chi connectivity index (χ0n) is 12.6. The van der Waals surface area contributed by atoms with Gasteiger partial charge in [0.05, 0.1) is 17.4 Å². The second-order valence-electron chi connectivity index (χ2n) is 7.01. The van der Waals surface area contributed by atoms with Crippen LogP contribution in [0, 0.1) is 35.0 Å². The molecule has 3 aliphatic carbocycles. The Hall–Kier alpha value is -1.93. The lowest BCUT2D eigenvalue weighted by Crippen LogP contribution is -2.32. The number of rotatable bonds is 1. The maximum atomic E-state index is 12.9. The zero-order valence-corrected chi connectivity index (χ0v) is 13.4. The van der Waals surface area contributed by atoms with Gasteiger partial charge in [-0.1, -0.05) is 12.2 Å². The molecular formula is C18H16N2O2S. The molecule has 1 saturated heterocycles. The maximum absolute atomic E-state index is 12.9. The van der Waals surface area contributed by atoms with E-state index in [9.17, 15) is 14.9 Å². The zero-order chi connectivity index (χ0) is 15.7. The van der Waals surface area contributed by atoms with Crippen LogP contribution in [0.5, 0.6) is 0 Å². The van der Waals surface area contributed by atoms with Crippen LogP contribution >= 0.6 is 11.3 Å². The van der Waals surface area contributed by atoms with E-state index in [4.69, 9.17) is 0 Å². The van der Waals surface area contributed by atoms with E-state index in [0.29, 0.717) is 10.6 Å². The molecule has 0 N–H and O–H groups in total. The summed E-state index contributed by atoms with van der Waals surface area (Å²) in [7, 11) is 0. The fourth-order valence-electron chi connectivity index (χ4n) is 4.93. The third kappa shape index (κ3) is 1.60. The molecule has 5 heteroatoms. The molecular weight excluding hydrogens is 308 g/mol. The van der Waals surface area contributed by atoms with Gasteiger partial charge in [-0.3, -0.25) is 9.59 Å². The third-order valence-corrected chi connectivity index (χ3v) is 7.21. The van der Waals surface area contributed by atoms with Crippen molar-refractivity contribution < 1.29 is 9.59 Å². The van der Waals surface area contributed by atoms with Crippen molar-refractivity contribution in [2.24, 2.45) is 23.7 Å². The summed E-state index contributed by atoms with van der Waals surface area (Å²) < 4.78 is 0. The number of amides is 2. The van der Waals surface area contributed by atoms with Crippen LogP contribution < -0.4 is 4.90 Å². The Balaban J connectivity index is 1.61. The molecule has 23 heavy (non-hydrogen) atoms. The fourth-order valence-corrected chi connectivity index (χ4v) is 6.28. The van der Waals surface area contributed by atoms with Crippen molar-refractivity contribution in [3.8, 4) is 6.07 Å². The molecule has 2 fully saturated rings. The smallest absolute Gasteiger partial charge is 0.238 e. The van der Waals surface area contributed by atoms with Crippen molar-refractivity contribution in [2.45, 2.75) is 32.1 Å². The first kappa shape index (κ1) is 13.5. The maximum Gasteiger partial charge on any atom is 0.238 e. The number of hydrogen-bond donors (Lipinski definition) is 0. The molecule has 0 aromatic carbocycles. The average molecular weight is 324 g/mol. The summed E-state index contributed by atoms with van der Waals surface area (Å²) in [5, 5.41) is 10.2. The van der Waals surface area contributed by atoms with Crippen LogP contribution in [0.2, 0.25) is 0 Å². The van der Waals surface area contributed by atoms with Crippen molar-refractivity contribution in [3.63, 3.8) is 0 Å². The number of nitrogens with zero attached hydrogens (tertiary/aromatic N) is 2. The molecule has 0 spiro atoms. The predicted octanol–water partition coefficient (Wildman–Crippen LogP) is 2.81. The molecule has 1 saturated carbocycles. The van der Waals surface area contributed by atoms with Crippen LogP contribution in [-0.2, 0) is 22.4 Å². The highest BCUT2D eigenvalue weighted by Gasteiger charge is 2.60. The van der Waals surface area contributed by atoms with E-state index < -0.39 is 0 Å². The van der Waals surface area contributed by atoms with Crippen LogP contribution in [0.25, 0.3) is 0 Å². The molecule has 2 bridgehead atoms. The first-order valence-corrected chi connectivity index (χ1v) is 9.13. The summed E-state index contributed by atoms with van der Waals surface area (Å²) in [6, 6.07) is 2.27. The number of nitriles is 1. The van der Waals surface area contributed by atoms with E-state index in [1.165, 1.54) is 21.1 Å². The third-order valence-electron chi connectivity index (χ3n) is 5.94. The van der Waals surface area contributed by atoms with Crippen LogP contribution in [0.4, 0.5) is 5.00 Å². The second kappa shape index (κ2) is 4.55. The summed E-state index contributed by atoms with van der Waals surface area (Å²) >= 11 is 1.49. The minimum absolute atomic E-state index is 0.0769. The quantitative estimate of drug-likeness (QED) is 0.589. The van der Waals surface area contributed by atoms with Crippen LogP contribution in [0.3, 0.4) is 0 Å². The highest BCUT2D eigenvalue weighted by atomic mass is 32.1. The monoisotopic (exact) mass is 324 g/mol. The van der Waals surface area contributed by atoms with Gasteiger partial charge in [0.25, 0.3) is 0 Å². The lowest BCUT2D eigenvalue weighted by molar-refractivity contribution is -0.123. The summed E-state index contributed by atoms with van der Waals surface area (Å²) in [5.74, 6) is -0.108. The topological polar surface area (TPSA) is 61.2 Å². The average Bonchev–Trinajstić information content (AvgIpc) is 3.29. The van der Waals surface area contributed by atoms with Crippen LogP contribution in [0.1, 0.15) is 35.3 Å². The molecule has 1 aromatic rings. The minimum Gasteiger partial charge on any atom is -0.274 e. The Morgan fingerprint density at radius 2 is 1.74 bits per heavy atom. The first-order valence-electron chi connectivity index (χ1n) is 8.31. The standard InChI is InChI=1S/C18H16N2O2S/c19-8-12-11-3-1-2-4-13(11)23-18(12)20-16(21)14-9-5-6-10(7-9)15(14)17(20)22/h5-6,9-10,14-15H,1-4,7H2/t9-,10+,14-,15+. The molecule has 116 valence electrons. The fraction of sp³-hybridized carbons (Fsp3) is 0.500. The normalized spacial score (nSPS) is 34.0. The summed E-state index contributed by atoms with van der Waals surface area (Å²) in [5.41, 5.74) is 1.66. The summed E-state index contributed by atoms with van der Waals surface area (Å²) in [6.45, 7) is 0. The molecule has 2 heterocycles. The van der Waals surface area contributed by atoms with Gasteiger partial charge < -0.3 is 0 Å².